The van der Waals surface area contributed by atoms with E-state index in [2.05, 4.69) is 5.10 Å². The molecule has 1 rings (SSSR count). The molecule has 1 atom stereocenters. The van der Waals surface area contributed by atoms with Crippen LogP contribution in [-0.4, -0.2) is 35.4 Å². The zero-order chi connectivity index (χ0) is 13.1. The van der Waals surface area contributed by atoms with Crippen molar-refractivity contribution in [3.05, 3.63) is 18.0 Å². The molecule has 0 aliphatic heterocycles. The third-order valence-corrected chi connectivity index (χ3v) is 2.80. The van der Waals surface area contributed by atoms with Gasteiger partial charge in [0.15, 0.2) is 6.29 Å². The number of nitrogens with zero attached hydrogens (tertiary/aromatic N) is 2. The number of methoxy groups -OCH3 is 2. The largest absolute Gasteiger partial charge is 0.384 e. The van der Waals surface area contributed by atoms with Gasteiger partial charge in [-0.05, 0) is 26.8 Å². The van der Waals surface area contributed by atoms with E-state index < -0.39 is 11.9 Å². The Balaban J connectivity index is 2.91. The molecule has 0 amide bonds. The minimum absolute atomic E-state index is 0.204. The van der Waals surface area contributed by atoms with Crippen molar-refractivity contribution in [2.75, 3.05) is 14.2 Å². The van der Waals surface area contributed by atoms with Gasteiger partial charge in [0.25, 0.3) is 0 Å². The Kier molecular flexibility index (Phi) is 4.68. The molecule has 1 unspecified atom stereocenters. The van der Waals surface area contributed by atoms with Gasteiger partial charge in [-0.3, -0.25) is 4.68 Å². The average Bonchev–Trinajstić information content (AvgIpc) is 2.75. The van der Waals surface area contributed by atoms with Crippen LogP contribution in [0.2, 0.25) is 0 Å². The molecule has 5 heteroatoms. The van der Waals surface area contributed by atoms with Crippen LogP contribution >= 0.6 is 0 Å². The average molecular weight is 242 g/mol. The first kappa shape index (κ1) is 14.2. The predicted octanol–water partition coefficient (Wildman–Crippen LogP) is 1.68. The van der Waals surface area contributed by atoms with E-state index in [1.165, 1.54) is 0 Å². The number of aromatic nitrogens is 2. The van der Waals surface area contributed by atoms with Gasteiger partial charge in [-0.15, -0.1) is 0 Å². The fourth-order valence-corrected chi connectivity index (χ4v) is 1.84. The van der Waals surface area contributed by atoms with Crippen LogP contribution < -0.4 is 0 Å². The molecule has 0 spiro atoms. The third kappa shape index (κ3) is 3.28. The van der Waals surface area contributed by atoms with E-state index >= 15 is 0 Å². The van der Waals surface area contributed by atoms with Gasteiger partial charge in [0.1, 0.15) is 5.60 Å². The fraction of sp³-hybridized carbons (Fsp3) is 0.750. The van der Waals surface area contributed by atoms with Gasteiger partial charge in [0, 0.05) is 32.9 Å². The summed E-state index contributed by atoms with van der Waals surface area (Å²) >= 11 is 0. The van der Waals surface area contributed by atoms with E-state index in [4.69, 9.17) is 9.47 Å². The second kappa shape index (κ2) is 5.62. The first-order valence-electron chi connectivity index (χ1n) is 5.74. The summed E-state index contributed by atoms with van der Waals surface area (Å²) < 4.78 is 12.1. The Morgan fingerprint density at radius 2 is 2.00 bits per heavy atom. The van der Waals surface area contributed by atoms with Crippen molar-refractivity contribution in [2.45, 2.75) is 45.1 Å². The highest BCUT2D eigenvalue weighted by molar-refractivity contribution is 5.11. The maximum absolute atomic E-state index is 10.5. The highest BCUT2D eigenvalue weighted by atomic mass is 16.7. The molecule has 0 radical (unpaired) electrons. The van der Waals surface area contributed by atoms with E-state index in [0.29, 0.717) is 6.42 Å². The van der Waals surface area contributed by atoms with Crippen molar-refractivity contribution in [3.63, 3.8) is 0 Å². The molecule has 0 aliphatic rings. The lowest BCUT2D eigenvalue weighted by Crippen LogP contribution is -2.32. The molecule has 1 N–H and O–H groups in total. The van der Waals surface area contributed by atoms with Gasteiger partial charge in [-0.25, -0.2) is 0 Å². The van der Waals surface area contributed by atoms with Crippen LogP contribution in [0.4, 0.5) is 0 Å². The Morgan fingerprint density at radius 3 is 2.47 bits per heavy atom. The van der Waals surface area contributed by atoms with Crippen LogP contribution in [0.3, 0.4) is 0 Å². The van der Waals surface area contributed by atoms with E-state index in [0.717, 1.165) is 5.69 Å². The van der Waals surface area contributed by atoms with Crippen LogP contribution in [0, 0.1) is 0 Å². The van der Waals surface area contributed by atoms with Crippen LogP contribution in [0.15, 0.2) is 12.3 Å². The molecule has 0 fully saturated rings. The number of hydrogen-bond donors (Lipinski definition) is 1. The molecular weight excluding hydrogens is 220 g/mol. The SMILES string of the molecule is COC(CC(C)(O)c1ccnn1C(C)C)OC. The summed E-state index contributed by atoms with van der Waals surface area (Å²) in [5.41, 5.74) is -0.260. The monoisotopic (exact) mass is 242 g/mol. The lowest BCUT2D eigenvalue weighted by molar-refractivity contribution is -0.143. The molecule has 1 aromatic rings. The van der Waals surface area contributed by atoms with Gasteiger partial charge >= 0.3 is 0 Å². The van der Waals surface area contributed by atoms with Crippen LogP contribution in [0.1, 0.15) is 38.9 Å². The maximum atomic E-state index is 10.5. The summed E-state index contributed by atoms with van der Waals surface area (Å²) in [7, 11) is 3.12. The Hall–Kier alpha value is -0.910. The van der Waals surface area contributed by atoms with Crippen molar-refractivity contribution >= 4 is 0 Å². The Bertz CT molecular complexity index is 343. The molecule has 1 heterocycles. The summed E-state index contributed by atoms with van der Waals surface area (Å²) in [5, 5.41) is 14.7. The number of ether oxygens (including phenoxy) is 2. The molecule has 0 saturated heterocycles. The molecule has 5 nitrogen and oxygen atoms in total. The van der Waals surface area contributed by atoms with Crippen molar-refractivity contribution in [2.24, 2.45) is 0 Å². The smallest absolute Gasteiger partial charge is 0.159 e. The summed E-state index contributed by atoms with van der Waals surface area (Å²) in [6, 6.07) is 2.03. The van der Waals surface area contributed by atoms with Gasteiger partial charge in [0.2, 0.25) is 0 Å². The van der Waals surface area contributed by atoms with Crippen molar-refractivity contribution in [1.29, 1.82) is 0 Å². The first-order chi connectivity index (χ1) is 7.92. The molecule has 17 heavy (non-hydrogen) atoms. The third-order valence-electron chi connectivity index (χ3n) is 2.80. The fourth-order valence-electron chi connectivity index (χ4n) is 1.84. The van der Waals surface area contributed by atoms with Crippen LogP contribution in [0.5, 0.6) is 0 Å². The summed E-state index contributed by atoms with van der Waals surface area (Å²) in [4.78, 5) is 0. The van der Waals surface area contributed by atoms with E-state index in [1.54, 1.807) is 27.3 Å². The van der Waals surface area contributed by atoms with Crippen molar-refractivity contribution in [3.8, 4) is 0 Å². The second-order valence-electron chi connectivity index (χ2n) is 4.63. The second-order valence-corrected chi connectivity index (χ2v) is 4.63. The quantitative estimate of drug-likeness (QED) is 0.771. The zero-order valence-corrected chi connectivity index (χ0v) is 11.2. The first-order valence-corrected chi connectivity index (χ1v) is 5.74. The Morgan fingerprint density at radius 1 is 1.41 bits per heavy atom. The zero-order valence-electron chi connectivity index (χ0n) is 11.2. The molecule has 0 saturated carbocycles. The predicted molar refractivity (Wildman–Crippen MR) is 64.6 cm³/mol. The highest BCUT2D eigenvalue weighted by Crippen LogP contribution is 2.28. The van der Waals surface area contributed by atoms with E-state index in [1.807, 2.05) is 24.6 Å². The minimum atomic E-state index is -1.03. The summed E-state index contributed by atoms with van der Waals surface area (Å²) in [5.74, 6) is 0. The standard InChI is InChI=1S/C12H22N2O3/c1-9(2)14-10(6-7-13-14)12(3,15)8-11(16-4)17-5/h6-7,9,11,15H,8H2,1-5H3. The number of aliphatic hydroxyl groups is 1. The van der Waals surface area contributed by atoms with Crippen molar-refractivity contribution < 1.29 is 14.6 Å². The molecular formula is C12H22N2O3. The molecule has 0 bridgehead atoms. The Labute approximate surface area is 102 Å². The van der Waals surface area contributed by atoms with Crippen LogP contribution in [-0.2, 0) is 15.1 Å². The van der Waals surface area contributed by atoms with Crippen LogP contribution in [0.25, 0.3) is 0 Å². The maximum Gasteiger partial charge on any atom is 0.159 e. The van der Waals surface area contributed by atoms with Gasteiger partial charge in [-0.2, -0.15) is 5.10 Å². The molecule has 0 aliphatic carbocycles. The van der Waals surface area contributed by atoms with Gasteiger partial charge in [0.05, 0.1) is 5.69 Å². The highest BCUT2D eigenvalue weighted by Gasteiger charge is 2.31. The topological polar surface area (TPSA) is 56.5 Å². The lowest BCUT2D eigenvalue weighted by Gasteiger charge is -2.28. The van der Waals surface area contributed by atoms with Crippen molar-refractivity contribution in [1.82, 2.24) is 9.78 Å². The minimum Gasteiger partial charge on any atom is -0.384 e. The molecule has 0 aromatic carbocycles. The molecule has 1 aromatic heterocycles. The summed E-state index contributed by atoms with van der Waals surface area (Å²) in [6.45, 7) is 5.79. The lowest BCUT2D eigenvalue weighted by atomic mass is 9.97. The van der Waals surface area contributed by atoms with Gasteiger partial charge in [-0.1, -0.05) is 0 Å². The summed E-state index contributed by atoms with van der Waals surface area (Å²) in [6.07, 6.45) is 1.62. The van der Waals surface area contributed by atoms with Gasteiger partial charge < -0.3 is 14.6 Å². The van der Waals surface area contributed by atoms with E-state index in [9.17, 15) is 5.11 Å². The molecule has 98 valence electrons. The van der Waals surface area contributed by atoms with E-state index in [-0.39, 0.29) is 6.04 Å². The number of rotatable bonds is 6. The normalized spacial score (nSPS) is 15.5. The number of hydrogen-bond acceptors (Lipinski definition) is 4.